The molecular formula is C21H24ClN3O3. The van der Waals surface area contributed by atoms with Crippen molar-refractivity contribution >= 4 is 22.6 Å². The predicted molar refractivity (Wildman–Crippen MR) is 110 cm³/mol. The molecule has 0 unspecified atom stereocenters. The number of aliphatic hydroxyl groups excluding tert-OH is 1. The molecule has 2 aromatic carbocycles. The molecule has 3 aromatic rings. The Kier molecular flexibility index (Phi) is 5.19. The molecule has 0 spiro atoms. The van der Waals surface area contributed by atoms with Crippen molar-refractivity contribution in [3.05, 3.63) is 63.0 Å². The first-order valence-electron chi connectivity index (χ1n) is 9.57. The number of aromatic nitrogens is 2. The Morgan fingerprint density at radius 1 is 1.32 bits per heavy atom. The summed E-state index contributed by atoms with van der Waals surface area (Å²) in [5.41, 5.74) is 2.99. The lowest BCUT2D eigenvalue weighted by atomic mass is 9.98. The number of rotatable bonds is 5. The van der Waals surface area contributed by atoms with E-state index in [1.807, 2.05) is 30.3 Å². The van der Waals surface area contributed by atoms with Crippen molar-refractivity contribution < 1.29 is 10.2 Å². The van der Waals surface area contributed by atoms with Gasteiger partial charge in [-0.05, 0) is 43.9 Å². The number of imidazole rings is 1. The third-order valence-corrected chi connectivity index (χ3v) is 5.91. The molecule has 0 fully saturated rings. The second-order valence-electron chi connectivity index (χ2n) is 7.52. The van der Waals surface area contributed by atoms with E-state index in [9.17, 15) is 15.0 Å². The third kappa shape index (κ3) is 3.43. The van der Waals surface area contributed by atoms with Crippen LogP contribution in [0.15, 0.2) is 41.2 Å². The van der Waals surface area contributed by atoms with E-state index in [1.54, 1.807) is 10.6 Å². The second-order valence-corrected chi connectivity index (χ2v) is 7.93. The molecule has 0 saturated heterocycles. The molecule has 4 N–H and O–H groups in total. The minimum absolute atomic E-state index is 0.119. The van der Waals surface area contributed by atoms with Crippen molar-refractivity contribution in [3.8, 4) is 5.75 Å². The van der Waals surface area contributed by atoms with Crippen molar-refractivity contribution in [1.82, 2.24) is 14.9 Å². The fourth-order valence-corrected chi connectivity index (χ4v) is 4.29. The molecule has 0 radical (unpaired) electrons. The molecule has 1 aliphatic rings. The molecule has 0 bridgehead atoms. The maximum atomic E-state index is 12.2. The Labute approximate surface area is 167 Å². The predicted octanol–water partition coefficient (Wildman–Crippen LogP) is 3.11. The van der Waals surface area contributed by atoms with E-state index >= 15 is 0 Å². The summed E-state index contributed by atoms with van der Waals surface area (Å²) in [4.78, 5) is 15.1. The number of aromatic amines is 1. The van der Waals surface area contributed by atoms with Crippen LogP contribution in [0.25, 0.3) is 11.0 Å². The lowest BCUT2D eigenvalue weighted by Gasteiger charge is -2.26. The van der Waals surface area contributed by atoms with Crippen molar-refractivity contribution in [2.24, 2.45) is 0 Å². The first-order chi connectivity index (χ1) is 13.5. The topological polar surface area (TPSA) is 90.3 Å². The Bertz CT molecular complexity index is 1060. The van der Waals surface area contributed by atoms with Crippen LogP contribution in [0.5, 0.6) is 5.75 Å². The largest absolute Gasteiger partial charge is 0.506 e. The van der Waals surface area contributed by atoms with Gasteiger partial charge in [-0.25, -0.2) is 4.79 Å². The molecule has 7 heteroatoms. The maximum absolute atomic E-state index is 12.2. The van der Waals surface area contributed by atoms with E-state index in [2.05, 4.69) is 17.2 Å². The Hall–Kier alpha value is -2.28. The molecular weight excluding hydrogens is 378 g/mol. The highest BCUT2D eigenvalue weighted by molar-refractivity contribution is 6.32. The lowest BCUT2D eigenvalue weighted by Crippen LogP contribution is -2.41. The zero-order valence-electron chi connectivity index (χ0n) is 15.7. The van der Waals surface area contributed by atoms with Crippen LogP contribution < -0.4 is 11.0 Å². The standard InChI is InChI=1S/C21H24ClN3O3/c1-12(8-9-13-4-2-6-15(22)19(13)26)23-17-10-11-25-18-14(20(17)27)5-3-7-16(18)24-21(25)28/h2-7,12,17,20,23,26-27H,8-11H2,1H3,(H,24,28)/t12-,17-,20-/m1/s1. The monoisotopic (exact) mass is 401 g/mol. The molecule has 2 heterocycles. The van der Waals surface area contributed by atoms with Crippen LogP contribution in [0.4, 0.5) is 0 Å². The van der Waals surface area contributed by atoms with Crippen LogP contribution >= 0.6 is 11.6 Å². The van der Waals surface area contributed by atoms with Gasteiger partial charge in [0.25, 0.3) is 0 Å². The summed E-state index contributed by atoms with van der Waals surface area (Å²) in [6.07, 6.45) is 1.41. The minimum Gasteiger partial charge on any atom is -0.506 e. The molecule has 3 atom stereocenters. The van der Waals surface area contributed by atoms with Gasteiger partial charge in [0.15, 0.2) is 0 Å². The number of phenolic OH excluding ortho intramolecular Hbond substituents is 1. The fourth-order valence-electron chi connectivity index (χ4n) is 4.10. The average molecular weight is 402 g/mol. The summed E-state index contributed by atoms with van der Waals surface area (Å²) in [6, 6.07) is 10.9. The first-order valence-corrected chi connectivity index (χ1v) is 9.95. The minimum atomic E-state index is -0.699. The summed E-state index contributed by atoms with van der Waals surface area (Å²) in [7, 11) is 0. The number of hydrogen-bond donors (Lipinski definition) is 4. The molecule has 0 saturated carbocycles. The summed E-state index contributed by atoms with van der Waals surface area (Å²) in [5, 5.41) is 24.9. The van der Waals surface area contributed by atoms with Gasteiger partial charge in [-0.3, -0.25) is 4.57 Å². The van der Waals surface area contributed by atoms with Gasteiger partial charge in [-0.1, -0.05) is 35.9 Å². The van der Waals surface area contributed by atoms with E-state index < -0.39 is 6.10 Å². The number of hydrogen-bond acceptors (Lipinski definition) is 4. The number of nitrogens with zero attached hydrogens (tertiary/aromatic N) is 1. The molecule has 6 nitrogen and oxygen atoms in total. The van der Waals surface area contributed by atoms with Gasteiger partial charge in [-0.2, -0.15) is 0 Å². The molecule has 1 aromatic heterocycles. The summed E-state index contributed by atoms with van der Waals surface area (Å²) >= 11 is 5.98. The van der Waals surface area contributed by atoms with E-state index in [0.29, 0.717) is 24.4 Å². The smallest absolute Gasteiger partial charge is 0.326 e. The summed E-state index contributed by atoms with van der Waals surface area (Å²) < 4.78 is 1.71. The van der Waals surface area contributed by atoms with E-state index in [1.165, 1.54) is 0 Å². The quantitative estimate of drug-likeness (QED) is 0.528. The average Bonchev–Trinajstić information content (AvgIpc) is 2.93. The molecule has 0 aliphatic carbocycles. The van der Waals surface area contributed by atoms with Crippen LogP contribution in [-0.2, 0) is 13.0 Å². The van der Waals surface area contributed by atoms with Crippen molar-refractivity contribution in [3.63, 3.8) is 0 Å². The fraction of sp³-hybridized carbons (Fsp3) is 0.381. The van der Waals surface area contributed by atoms with E-state index in [-0.39, 0.29) is 23.5 Å². The number of para-hydroxylation sites is 2. The van der Waals surface area contributed by atoms with E-state index in [4.69, 9.17) is 11.6 Å². The second kappa shape index (κ2) is 7.62. The zero-order valence-corrected chi connectivity index (χ0v) is 16.4. The number of H-pyrrole nitrogens is 1. The highest BCUT2D eigenvalue weighted by Crippen LogP contribution is 2.31. The van der Waals surface area contributed by atoms with Gasteiger partial charge < -0.3 is 20.5 Å². The molecule has 28 heavy (non-hydrogen) atoms. The Morgan fingerprint density at radius 2 is 2.11 bits per heavy atom. The van der Waals surface area contributed by atoms with Crippen LogP contribution in [0.1, 0.15) is 37.0 Å². The van der Waals surface area contributed by atoms with Gasteiger partial charge in [0.05, 0.1) is 22.2 Å². The number of aliphatic hydroxyl groups is 1. The molecule has 148 valence electrons. The maximum Gasteiger partial charge on any atom is 0.326 e. The Balaban J connectivity index is 1.48. The first kappa shape index (κ1) is 19.1. The number of aryl methyl sites for hydroxylation is 2. The highest BCUT2D eigenvalue weighted by Gasteiger charge is 2.29. The number of phenols is 1. The third-order valence-electron chi connectivity index (χ3n) is 5.60. The van der Waals surface area contributed by atoms with Gasteiger partial charge in [0, 0.05) is 24.2 Å². The molecule has 0 amide bonds. The van der Waals surface area contributed by atoms with E-state index in [0.717, 1.165) is 28.6 Å². The van der Waals surface area contributed by atoms with Crippen LogP contribution in [0.3, 0.4) is 0 Å². The van der Waals surface area contributed by atoms with Crippen LogP contribution in [-0.4, -0.2) is 31.8 Å². The number of aromatic hydroxyl groups is 1. The lowest BCUT2D eigenvalue weighted by molar-refractivity contribution is 0.119. The normalized spacial score (nSPS) is 20.2. The van der Waals surface area contributed by atoms with Gasteiger partial charge in [-0.15, -0.1) is 0 Å². The van der Waals surface area contributed by atoms with Crippen molar-refractivity contribution in [2.45, 2.75) is 50.9 Å². The van der Waals surface area contributed by atoms with Gasteiger partial charge >= 0.3 is 5.69 Å². The Morgan fingerprint density at radius 3 is 2.93 bits per heavy atom. The molecule has 1 aliphatic heterocycles. The summed E-state index contributed by atoms with van der Waals surface area (Å²) in [5.74, 6) is 0.135. The zero-order chi connectivity index (χ0) is 19.8. The van der Waals surface area contributed by atoms with Crippen LogP contribution in [0.2, 0.25) is 5.02 Å². The SMILES string of the molecule is C[C@H](CCc1cccc(Cl)c1O)N[C@@H]1CCn2c(=O)[nH]c3cccc(c32)[C@H]1O. The van der Waals surface area contributed by atoms with Gasteiger partial charge in [0.2, 0.25) is 0 Å². The summed E-state index contributed by atoms with van der Waals surface area (Å²) in [6.45, 7) is 2.61. The van der Waals surface area contributed by atoms with Gasteiger partial charge in [0.1, 0.15) is 5.75 Å². The van der Waals surface area contributed by atoms with Crippen molar-refractivity contribution in [1.29, 1.82) is 0 Å². The number of benzene rings is 2. The van der Waals surface area contributed by atoms with Crippen molar-refractivity contribution in [2.75, 3.05) is 0 Å². The number of nitrogens with one attached hydrogen (secondary N) is 2. The molecule has 4 rings (SSSR count). The number of halogens is 1. The highest BCUT2D eigenvalue weighted by atomic mass is 35.5. The van der Waals surface area contributed by atoms with Crippen LogP contribution in [0, 0.1) is 0 Å².